The van der Waals surface area contributed by atoms with Crippen molar-refractivity contribution in [3.63, 3.8) is 0 Å². The lowest BCUT2D eigenvalue weighted by Crippen LogP contribution is -2.14. The molecule has 0 saturated heterocycles. The topological polar surface area (TPSA) is 46.9 Å². The predicted molar refractivity (Wildman–Crippen MR) is 76.8 cm³/mol. The maximum Gasteiger partial charge on any atom is 0.259 e. The molecule has 0 radical (unpaired) electrons. The average molecular weight is 278 g/mol. The SMILES string of the molecule is Cc1cc(C)c(NC(=O)c2cnn(C)c2C)c(Cl)c1. The molecule has 0 saturated carbocycles. The van der Waals surface area contributed by atoms with Gasteiger partial charge >= 0.3 is 0 Å². The van der Waals surface area contributed by atoms with E-state index in [0.717, 1.165) is 16.8 Å². The number of rotatable bonds is 2. The lowest BCUT2D eigenvalue weighted by Gasteiger charge is -2.11. The van der Waals surface area contributed by atoms with Crippen LogP contribution in [0.5, 0.6) is 0 Å². The van der Waals surface area contributed by atoms with Crippen LogP contribution in [0.15, 0.2) is 18.3 Å². The van der Waals surface area contributed by atoms with Crippen LogP contribution in [-0.2, 0) is 7.05 Å². The van der Waals surface area contributed by atoms with Gasteiger partial charge in [-0.3, -0.25) is 9.48 Å². The number of aryl methyl sites for hydroxylation is 3. The molecule has 1 aromatic heterocycles. The standard InChI is InChI=1S/C14H16ClN3O/c1-8-5-9(2)13(12(15)6-8)17-14(19)11-7-16-18(4)10(11)3/h5-7H,1-4H3,(H,17,19). The fourth-order valence-electron chi connectivity index (χ4n) is 1.98. The molecule has 1 aromatic carbocycles. The molecular weight excluding hydrogens is 262 g/mol. The highest BCUT2D eigenvalue weighted by atomic mass is 35.5. The molecule has 0 aliphatic rings. The van der Waals surface area contributed by atoms with Crippen molar-refractivity contribution < 1.29 is 4.79 Å². The van der Waals surface area contributed by atoms with Gasteiger partial charge in [-0.05, 0) is 38.0 Å². The number of carbonyl (C=O) groups excluding carboxylic acids is 1. The summed E-state index contributed by atoms with van der Waals surface area (Å²) in [6, 6.07) is 3.82. The first-order valence-corrected chi connectivity index (χ1v) is 6.34. The van der Waals surface area contributed by atoms with Crippen LogP contribution in [0.2, 0.25) is 5.02 Å². The number of benzene rings is 1. The number of nitrogens with one attached hydrogen (secondary N) is 1. The fourth-order valence-corrected chi connectivity index (χ4v) is 2.34. The second-order valence-corrected chi connectivity index (χ2v) is 5.07. The van der Waals surface area contributed by atoms with Crippen LogP contribution >= 0.6 is 11.6 Å². The van der Waals surface area contributed by atoms with E-state index in [9.17, 15) is 4.79 Å². The maximum atomic E-state index is 12.2. The highest BCUT2D eigenvalue weighted by Gasteiger charge is 2.15. The summed E-state index contributed by atoms with van der Waals surface area (Å²) in [7, 11) is 1.80. The molecule has 1 amide bonds. The van der Waals surface area contributed by atoms with Gasteiger partial charge in [0.15, 0.2) is 0 Å². The molecule has 0 bridgehead atoms. The number of halogens is 1. The van der Waals surface area contributed by atoms with E-state index < -0.39 is 0 Å². The van der Waals surface area contributed by atoms with Gasteiger partial charge in [0.25, 0.3) is 5.91 Å². The summed E-state index contributed by atoms with van der Waals surface area (Å²) in [5.41, 5.74) is 4.04. The van der Waals surface area contributed by atoms with Crippen LogP contribution in [-0.4, -0.2) is 15.7 Å². The van der Waals surface area contributed by atoms with Crippen molar-refractivity contribution in [1.82, 2.24) is 9.78 Å². The molecular formula is C14H16ClN3O. The van der Waals surface area contributed by atoms with Crippen LogP contribution in [0.25, 0.3) is 0 Å². The zero-order chi connectivity index (χ0) is 14.2. The van der Waals surface area contributed by atoms with E-state index in [1.54, 1.807) is 17.9 Å². The maximum absolute atomic E-state index is 12.2. The molecule has 19 heavy (non-hydrogen) atoms. The largest absolute Gasteiger partial charge is 0.320 e. The third-order valence-corrected chi connectivity index (χ3v) is 3.45. The van der Waals surface area contributed by atoms with Crippen molar-refractivity contribution in [2.75, 3.05) is 5.32 Å². The van der Waals surface area contributed by atoms with Gasteiger partial charge in [0.05, 0.1) is 22.5 Å². The monoisotopic (exact) mass is 277 g/mol. The van der Waals surface area contributed by atoms with E-state index in [2.05, 4.69) is 10.4 Å². The zero-order valence-corrected chi connectivity index (χ0v) is 12.2. The third-order valence-electron chi connectivity index (χ3n) is 3.15. The Labute approximate surface area is 117 Å². The van der Waals surface area contributed by atoms with E-state index in [0.29, 0.717) is 16.3 Å². The van der Waals surface area contributed by atoms with Crippen LogP contribution in [0.3, 0.4) is 0 Å². The van der Waals surface area contributed by atoms with E-state index in [1.807, 2.05) is 32.9 Å². The van der Waals surface area contributed by atoms with Gasteiger partial charge in [0, 0.05) is 12.7 Å². The molecule has 0 fully saturated rings. The molecule has 0 unspecified atom stereocenters. The summed E-state index contributed by atoms with van der Waals surface area (Å²) >= 11 is 6.18. The minimum Gasteiger partial charge on any atom is -0.320 e. The molecule has 1 heterocycles. The van der Waals surface area contributed by atoms with Crippen molar-refractivity contribution in [2.45, 2.75) is 20.8 Å². The van der Waals surface area contributed by atoms with E-state index in [1.165, 1.54) is 0 Å². The highest BCUT2D eigenvalue weighted by molar-refractivity contribution is 6.34. The van der Waals surface area contributed by atoms with Gasteiger partial charge in [-0.25, -0.2) is 0 Å². The number of amides is 1. The Bertz CT molecular complexity index is 623. The molecule has 0 aliphatic heterocycles. The number of anilines is 1. The van der Waals surface area contributed by atoms with Crippen LogP contribution in [0.4, 0.5) is 5.69 Å². The first kappa shape index (κ1) is 13.6. The molecule has 2 aromatic rings. The van der Waals surface area contributed by atoms with Crippen LogP contribution in [0.1, 0.15) is 27.2 Å². The number of nitrogens with zero attached hydrogens (tertiary/aromatic N) is 2. The van der Waals surface area contributed by atoms with Crippen molar-refractivity contribution >= 4 is 23.2 Å². The Morgan fingerprint density at radius 1 is 1.32 bits per heavy atom. The van der Waals surface area contributed by atoms with Gasteiger partial charge in [-0.15, -0.1) is 0 Å². The Morgan fingerprint density at radius 3 is 2.53 bits per heavy atom. The summed E-state index contributed by atoms with van der Waals surface area (Å²) < 4.78 is 1.67. The second-order valence-electron chi connectivity index (χ2n) is 4.66. The summed E-state index contributed by atoms with van der Waals surface area (Å²) in [5, 5.41) is 7.46. The molecule has 0 spiro atoms. The van der Waals surface area contributed by atoms with E-state index in [-0.39, 0.29) is 5.91 Å². The van der Waals surface area contributed by atoms with Crippen LogP contribution < -0.4 is 5.32 Å². The predicted octanol–water partition coefficient (Wildman–Crippen LogP) is 3.25. The Hall–Kier alpha value is -1.81. The van der Waals surface area contributed by atoms with Gasteiger partial charge < -0.3 is 5.32 Å². The van der Waals surface area contributed by atoms with Crippen molar-refractivity contribution in [2.24, 2.45) is 7.05 Å². The van der Waals surface area contributed by atoms with Gasteiger partial charge in [-0.1, -0.05) is 17.7 Å². The minimum atomic E-state index is -0.195. The first-order valence-electron chi connectivity index (χ1n) is 5.97. The van der Waals surface area contributed by atoms with Crippen molar-refractivity contribution in [3.8, 4) is 0 Å². The number of carbonyl (C=O) groups is 1. The summed E-state index contributed by atoms with van der Waals surface area (Å²) in [5.74, 6) is -0.195. The minimum absolute atomic E-state index is 0.195. The highest BCUT2D eigenvalue weighted by Crippen LogP contribution is 2.27. The normalized spacial score (nSPS) is 10.6. The number of hydrogen-bond acceptors (Lipinski definition) is 2. The Morgan fingerprint density at radius 2 is 2.00 bits per heavy atom. The quantitative estimate of drug-likeness (QED) is 0.916. The smallest absolute Gasteiger partial charge is 0.259 e. The lowest BCUT2D eigenvalue weighted by molar-refractivity contribution is 0.102. The van der Waals surface area contributed by atoms with E-state index >= 15 is 0 Å². The van der Waals surface area contributed by atoms with Crippen molar-refractivity contribution in [1.29, 1.82) is 0 Å². The lowest BCUT2D eigenvalue weighted by atomic mass is 10.1. The summed E-state index contributed by atoms with van der Waals surface area (Å²) in [6.45, 7) is 5.74. The molecule has 5 heteroatoms. The summed E-state index contributed by atoms with van der Waals surface area (Å²) in [6.07, 6.45) is 1.56. The fraction of sp³-hybridized carbons (Fsp3) is 0.286. The number of hydrogen-bond donors (Lipinski definition) is 1. The average Bonchev–Trinajstić information content (AvgIpc) is 2.64. The van der Waals surface area contributed by atoms with Gasteiger partial charge in [-0.2, -0.15) is 5.10 Å². The van der Waals surface area contributed by atoms with Crippen LogP contribution in [0, 0.1) is 20.8 Å². The molecule has 0 aliphatic carbocycles. The van der Waals surface area contributed by atoms with Gasteiger partial charge in [0.2, 0.25) is 0 Å². The Kier molecular flexibility index (Phi) is 3.62. The summed E-state index contributed by atoms with van der Waals surface area (Å²) in [4.78, 5) is 12.2. The van der Waals surface area contributed by atoms with E-state index in [4.69, 9.17) is 11.6 Å². The molecule has 2 rings (SSSR count). The zero-order valence-electron chi connectivity index (χ0n) is 11.4. The third kappa shape index (κ3) is 2.63. The first-order chi connectivity index (χ1) is 8.90. The molecule has 4 nitrogen and oxygen atoms in total. The molecule has 0 atom stereocenters. The second kappa shape index (κ2) is 5.05. The van der Waals surface area contributed by atoms with Gasteiger partial charge in [0.1, 0.15) is 0 Å². The molecule has 100 valence electrons. The molecule has 1 N–H and O–H groups in total. The van der Waals surface area contributed by atoms with Crippen molar-refractivity contribution in [3.05, 3.63) is 45.7 Å². The number of aromatic nitrogens is 2. The Balaban J connectivity index is 2.32.